The summed E-state index contributed by atoms with van der Waals surface area (Å²) in [6, 6.07) is 3.68. The van der Waals surface area contributed by atoms with Crippen molar-refractivity contribution in [3.63, 3.8) is 0 Å². The molecule has 4 heteroatoms. The lowest BCUT2D eigenvalue weighted by molar-refractivity contribution is 0.562. The molecule has 0 aliphatic heterocycles. The van der Waals surface area contributed by atoms with Crippen LogP contribution in [0.4, 0.5) is 5.69 Å². The van der Waals surface area contributed by atoms with Gasteiger partial charge in [0.25, 0.3) is 0 Å². The minimum absolute atomic E-state index is 0.611. The molecule has 0 spiro atoms. The SMILES string of the molecule is Cc1nc2cc(Br)cc(N)c2o1. The average Bonchev–Trinajstić information content (AvgIpc) is 2.29. The van der Waals surface area contributed by atoms with E-state index in [9.17, 15) is 0 Å². The van der Waals surface area contributed by atoms with Gasteiger partial charge in [-0.1, -0.05) is 15.9 Å². The predicted molar refractivity (Wildman–Crippen MR) is 50.9 cm³/mol. The van der Waals surface area contributed by atoms with Crippen molar-refractivity contribution in [3.05, 3.63) is 22.5 Å². The minimum atomic E-state index is 0.611. The van der Waals surface area contributed by atoms with Gasteiger partial charge in [-0.05, 0) is 12.1 Å². The summed E-state index contributed by atoms with van der Waals surface area (Å²) in [6.45, 7) is 1.80. The van der Waals surface area contributed by atoms with Crippen LogP contribution in [0.3, 0.4) is 0 Å². The highest BCUT2D eigenvalue weighted by atomic mass is 79.9. The molecule has 1 aromatic carbocycles. The lowest BCUT2D eigenvalue weighted by Crippen LogP contribution is -1.84. The van der Waals surface area contributed by atoms with E-state index in [1.807, 2.05) is 6.07 Å². The van der Waals surface area contributed by atoms with Crippen molar-refractivity contribution in [2.45, 2.75) is 6.92 Å². The first-order valence-electron chi connectivity index (χ1n) is 3.49. The second-order valence-electron chi connectivity index (χ2n) is 2.58. The molecule has 0 amide bonds. The van der Waals surface area contributed by atoms with Crippen molar-refractivity contribution in [3.8, 4) is 0 Å². The topological polar surface area (TPSA) is 52.0 Å². The molecule has 2 rings (SSSR count). The number of rotatable bonds is 0. The van der Waals surface area contributed by atoms with Crippen LogP contribution >= 0.6 is 15.9 Å². The molecular weight excluding hydrogens is 220 g/mol. The molecule has 0 aliphatic carbocycles. The van der Waals surface area contributed by atoms with E-state index in [0.29, 0.717) is 17.2 Å². The van der Waals surface area contributed by atoms with E-state index in [1.54, 1.807) is 13.0 Å². The number of hydrogen-bond acceptors (Lipinski definition) is 3. The molecule has 0 bridgehead atoms. The van der Waals surface area contributed by atoms with Gasteiger partial charge >= 0.3 is 0 Å². The number of nitrogens with zero attached hydrogens (tertiary/aromatic N) is 1. The average molecular weight is 227 g/mol. The third kappa shape index (κ3) is 1.08. The second kappa shape index (κ2) is 2.48. The Morgan fingerprint density at radius 1 is 1.50 bits per heavy atom. The van der Waals surface area contributed by atoms with Gasteiger partial charge in [0.2, 0.25) is 0 Å². The lowest BCUT2D eigenvalue weighted by atomic mass is 10.3. The molecule has 1 heterocycles. The fourth-order valence-corrected chi connectivity index (χ4v) is 1.60. The standard InChI is InChI=1S/C8H7BrN2O/c1-4-11-7-3-5(9)2-6(10)8(7)12-4/h2-3H,10H2,1H3. The van der Waals surface area contributed by atoms with E-state index in [-0.39, 0.29) is 0 Å². The summed E-state index contributed by atoms with van der Waals surface area (Å²) in [5.74, 6) is 0.634. The van der Waals surface area contributed by atoms with Crippen LogP contribution in [0.25, 0.3) is 11.1 Å². The van der Waals surface area contributed by atoms with E-state index in [1.165, 1.54) is 0 Å². The maximum atomic E-state index is 5.71. The van der Waals surface area contributed by atoms with E-state index >= 15 is 0 Å². The van der Waals surface area contributed by atoms with Crippen LogP contribution in [0.2, 0.25) is 0 Å². The third-order valence-electron chi connectivity index (χ3n) is 1.59. The molecule has 0 fully saturated rings. The van der Waals surface area contributed by atoms with E-state index in [4.69, 9.17) is 10.2 Å². The van der Waals surface area contributed by atoms with Crippen LogP contribution in [-0.2, 0) is 0 Å². The molecule has 0 saturated heterocycles. The van der Waals surface area contributed by atoms with Gasteiger partial charge in [0.15, 0.2) is 11.5 Å². The predicted octanol–water partition coefficient (Wildman–Crippen LogP) is 2.48. The summed E-state index contributed by atoms with van der Waals surface area (Å²) in [5, 5.41) is 0. The van der Waals surface area contributed by atoms with E-state index in [0.717, 1.165) is 9.99 Å². The van der Waals surface area contributed by atoms with Crippen molar-refractivity contribution >= 4 is 32.7 Å². The first-order chi connectivity index (χ1) is 5.66. The molecule has 0 radical (unpaired) electrons. The molecule has 0 atom stereocenters. The Bertz CT molecular complexity index is 436. The Labute approximate surface area is 77.7 Å². The number of halogens is 1. The minimum Gasteiger partial charge on any atom is -0.439 e. The first kappa shape index (κ1) is 7.61. The van der Waals surface area contributed by atoms with Gasteiger partial charge < -0.3 is 10.2 Å². The normalized spacial score (nSPS) is 10.8. The summed E-state index contributed by atoms with van der Waals surface area (Å²) < 4.78 is 6.21. The Hall–Kier alpha value is -1.03. The monoisotopic (exact) mass is 226 g/mol. The number of benzene rings is 1. The van der Waals surface area contributed by atoms with Crippen molar-refractivity contribution in [1.29, 1.82) is 0 Å². The van der Waals surface area contributed by atoms with Gasteiger partial charge in [-0.3, -0.25) is 0 Å². The van der Waals surface area contributed by atoms with Gasteiger partial charge in [-0.15, -0.1) is 0 Å². The Balaban J connectivity index is 2.88. The molecular formula is C8H7BrN2O. The lowest BCUT2D eigenvalue weighted by Gasteiger charge is -1.93. The number of anilines is 1. The summed E-state index contributed by atoms with van der Waals surface area (Å²) >= 11 is 3.33. The fraction of sp³-hybridized carbons (Fsp3) is 0.125. The van der Waals surface area contributed by atoms with Crippen molar-refractivity contribution in [2.75, 3.05) is 5.73 Å². The van der Waals surface area contributed by atoms with Crippen LogP contribution in [-0.4, -0.2) is 4.98 Å². The van der Waals surface area contributed by atoms with Crippen molar-refractivity contribution in [2.24, 2.45) is 0 Å². The van der Waals surface area contributed by atoms with Crippen molar-refractivity contribution in [1.82, 2.24) is 4.98 Å². The van der Waals surface area contributed by atoms with E-state index < -0.39 is 0 Å². The van der Waals surface area contributed by atoms with Gasteiger partial charge in [-0.25, -0.2) is 4.98 Å². The highest BCUT2D eigenvalue weighted by Gasteiger charge is 2.06. The van der Waals surface area contributed by atoms with Crippen LogP contribution in [0.15, 0.2) is 21.0 Å². The van der Waals surface area contributed by atoms with Crippen molar-refractivity contribution < 1.29 is 4.42 Å². The summed E-state index contributed by atoms with van der Waals surface area (Å²) in [6.07, 6.45) is 0. The molecule has 0 aliphatic rings. The number of aromatic nitrogens is 1. The number of aryl methyl sites for hydroxylation is 1. The molecule has 0 saturated carbocycles. The van der Waals surface area contributed by atoms with Crippen LogP contribution < -0.4 is 5.73 Å². The summed E-state index contributed by atoms with van der Waals surface area (Å²) in [5.41, 5.74) is 7.77. The number of nitrogen functional groups attached to an aromatic ring is 1. The molecule has 1 aromatic heterocycles. The maximum Gasteiger partial charge on any atom is 0.192 e. The van der Waals surface area contributed by atoms with Crippen LogP contribution in [0, 0.1) is 6.92 Å². The quantitative estimate of drug-likeness (QED) is 0.703. The Morgan fingerprint density at radius 3 is 3.00 bits per heavy atom. The third-order valence-corrected chi connectivity index (χ3v) is 2.05. The Morgan fingerprint density at radius 2 is 2.25 bits per heavy atom. The molecule has 3 nitrogen and oxygen atoms in total. The highest BCUT2D eigenvalue weighted by Crippen LogP contribution is 2.26. The zero-order valence-electron chi connectivity index (χ0n) is 6.47. The van der Waals surface area contributed by atoms with Gasteiger partial charge in [0, 0.05) is 11.4 Å². The number of fused-ring (bicyclic) bond motifs is 1. The largest absolute Gasteiger partial charge is 0.439 e. The van der Waals surface area contributed by atoms with Crippen LogP contribution in [0.5, 0.6) is 0 Å². The molecule has 12 heavy (non-hydrogen) atoms. The molecule has 2 aromatic rings. The van der Waals surface area contributed by atoms with Gasteiger partial charge in [-0.2, -0.15) is 0 Å². The number of hydrogen-bond donors (Lipinski definition) is 1. The first-order valence-corrected chi connectivity index (χ1v) is 4.28. The molecule has 0 unspecified atom stereocenters. The zero-order valence-corrected chi connectivity index (χ0v) is 8.05. The number of nitrogens with two attached hydrogens (primary N) is 1. The second-order valence-corrected chi connectivity index (χ2v) is 3.49. The molecule has 62 valence electrons. The number of oxazole rings is 1. The summed E-state index contributed by atoms with van der Waals surface area (Å²) in [7, 11) is 0. The fourth-order valence-electron chi connectivity index (χ4n) is 1.13. The zero-order chi connectivity index (χ0) is 8.72. The summed E-state index contributed by atoms with van der Waals surface area (Å²) in [4.78, 5) is 4.16. The molecule has 2 N–H and O–H groups in total. The van der Waals surface area contributed by atoms with E-state index in [2.05, 4.69) is 20.9 Å². The maximum absolute atomic E-state index is 5.71. The Kier molecular flexibility index (Phi) is 1.58. The van der Waals surface area contributed by atoms with Gasteiger partial charge in [0.05, 0.1) is 5.69 Å². The van der Waals surface area contributed by atoms with Gasteiger partial charge in [0.1, 0.15) is 5.52 Å². The highest BCUT2D eigenvalue weighted by molar-refractivity contribution is 9.10. The smallest absolute Gasteiger partial charge is 0.192 e. The van der Waals surface area contributed by atoms with Crippen LogP contribution in [0.1, 0.15) is 5.89 Å².